The van der Waals surface area contributed by atoms with Gasteiger partial charge in [0, 0.05) is 12.2 Å². The molecule has 0 bridgehead atoms. The van der Waals surface area contributed by atoms with Gasteiger partial charge in [-0.1, -0.05) is 23.7 Å². The maximum Gasteiger partial charge on any atom is 0.337 e. The van der Waals surface area contributed by atoms with Gasteiger partial charge in [0.05, 0.1) is 10.6 Å². The molecule has 4 nitrogen and oxygen atoms in total. The number of carbonyl (C=O) groups is 1. The molecule has 0 aliphatic heterocycles. The predicted octanol–water partition coefficient (Wildman–Crippen LogP) is 3.75. The molecule has 0 spiro atoms. The first-order valence-electron chi connectivity index (χ1n) is 5.88. The Balaban J connectivity index is 2.17. The molecule has 6 heteroatoms. The number of hydrogen-bond donors (Lipinski definition) is 2. The third-order valence-corrected chi connectivity index (χ3v) is 3.10. The van der Waals surface area contributed by atoms with E-state index in [0.29, 0.717) is 5.82 Å². The number of aromatic carboxylic acids is 1. The summed E-state index contributed by atoms with van der Waals surface area (Å²) in [7, 11) is 0. The van der Waals surface area contributed by atoms with Crippen molar-refractivity contribution in [2.45, 2.75) is 13.0 Å². The fraction of sp³-hybridized carbons (Fsp3) is 0.143. The molecule has 1 unspecified atom stereocenters. The van der Waals surface area contributed by atoms with Crippen LogP contribution in [0.15, 0.2) is 36.5 Å². The SMILES string of the molecule is CC(Nc1ncc(C(=O)O)cc1Cl)c1ccc(F)cc1. The molecule has 2 rings (SSSR count). The van der Waals surface area contributed by atoms with Crippen LogP contribution in [0.25, 0.3) is 0 Å². The number of anilines is 1. The number of hydrogen-bond acceptors (Lipinski definition) is 3. The van der Waals surface area contributed by atoms with Crippen LogP contribution in [0, 0.1) is 5.82 Å². The standard InChI is InChI=1S/C14H12ClFN2O2/c1-8(9-2-4-11(16)5-3-9)18-13-12(15)6-10(7-17-13)14(19)20/h2-8H,1H3,(H,17,18)(H,19,20). The van der Waals surface area contributed by atoms with Crippen LogP contribution in [0.4, 0.5) is 10.2 Å². The number of halogens is 2. The van der Waals surface area contributed by atoms with E-state index in [1.807, 2.05) is 6.92 Å². The smallest absolute Gasteiger partial charge is 0.337 e. The Labute approximate surface area is 120 Å². The van der Waals surface area contributed by atoms with Crippen LogP contribution < -0.4 is 5.32 Å². The zero-order valence-electron chi connectivity index (χ0n) is 10.6. The van der Waals surface area contributed by atoms with Gasteiger partial charge in [-0.3, -0.25) is 0 Å². The maximum absolute atomic E-state index is 12.9. The van der Waals surface area contributed by atoms with Crippen molar-refractivity contribution >= 4 is 23.4 Å². The van der Waals surface area contributed by atoms with Crippen LogP contribution in [0.1, 0.15) is 28.9 Å². The van der Waals surface area contributed by atoms with Gasteiger partial charge in [-0.05, 0) is 30.7 Å². The van der Waals surface area contributed by atoms with Crippen LogP contribution >= 0.6 is 11.6 Å². The summed E-state index contributed by atoms with van der Waals surface area (Å²) < 4.78 is 12.9. The molecule has 2 N–H and O–H groups in total. The van der Waals surface area contributed by atoms with E-state index in [1.54, 1.807) is 12.1 Å². The van der Waals surface area contributed by atoms with Gasteiger partial charge in [0.15, 0.2) is 0 Å². The first kappa shape index (κ1) is 14.3. The number of nitrogens with one attached hydrogen (secondary N) is 1. The summed E-state index contributed by atoms with van der Waals surface area (Å²) in [6, 6.07) is 7.25. The molecule has 0 saturated carbocycles. The Kier molecular flexibility index (Phi) is 4.20. The topological polar surface area (TPSA) is 62.2 Å². The molecule has 1 heterocycles. The van der Waals surface area contributed by atoms with E-state index in [4.69, 9.17) is 16.7 Å². The first-order valence-corrected chi connectivity index (χ1v) is 6.26. The number of rotatable bonds is 4. The molecule has 104 valence electrons. The van der Waals surface area contributed by atoms with Crippen molar-refractivity contribution in [3.8, 4) is 0 Å². The highest BCUT2D eigenvalue weighted by atomic mass is 35.5. The van der Waals surface area contributed by atoms with Crippen molar-refractivity contribution in [1.29, 1.82) is 0 Å². The Morgan fingerprint density at radius 1 is 1.40 bits per heavy atom. The summed E-state index contributed by atoms with van der Waals surface area (Å²) >= 11 is 5.98. The molecule has 20 heavy (non-hydrogen) atoms. The van der Waals surface area contributed by atoms with Gasteiger partial charge in [0.2, 0.25) is 0 Å². The molecular formula is C14H12ClFN2O2. The third kappa shape index (κ3) is 3.24. The fourth-order valence-electron chi connectivity index (χ4n) is 1.70. The lowest BCUT2D eigenvalue weighted by molar-refractivity contribution is 0.0696. The molecule has 1 atom stereocenters. The highest BCUT2D eigenvalue weighted by Gasteiger charge is 2.11. The molecule has 0 radical (unpaired) electrons. The second-order valence-corrected chi connectivity index (χ2v) is 4.68. The zero-order valence-corrected chi connectivity index (χ0v) is 11.4. The van der Waals surface area contributed by atoms with Crippen molar-refractivity contribution in [2.24, 2.45) is 0 Å². The molecule has 2 aromatic rings. The summed E-state index contributed by atoms with van der Waals surface area (Å²) in [4.78, 5) is 14.8. The molecular weight excluding hydrogens is 283 g/mol. The van der Waals surface area contributed by atoms with Gasteiger partial charge in [-0.2, -0.15) is 0 Å². The largest absolute Gasteiger partial charge is 0.478 e. The van der Waals surface area contributed by atoms with Crippen molar-refractivity contribution < 1.29 is 14.3 Å². The lowest BCUT2D eigenvalue weighted by Crippen LogP contribution is -2.09. The van der Waals surface area contributed by atoms with E-state index in [1.165, 1.54) is 24.4 Å². The Bertz CT molecular complexity index is 632. The molecule has 0 aliphatic rings. The normalized spacial score (nSPS) is 11.9. The molecule has 1 aromatic heterocycles. The molecule has 0 amide bonds. The second-order valence-electron chi connectivity index (χ2n) is 4.28. The van der Waals surface area contributed by atoms with Crippen LogP contribution in [0.3, 0.4) is 0 Å². The zero-order chi connectivity index (χ0) is 14.7. The number of aromatic nitrogens is 1. The van der Waals surface area contributed by atoms with E-state index in [9.17, 15) is 9.18 Å². The van der Waals surface area contributed by atoms with E-state index in [-0.39, 0.29) is 22.4 Å². The third-order valence-electron chi connectivity index (χ3n) is 2.81. The van der Waals surface area contributed by atoms with Gasteiger partial charge in [0.25, 0.3) is 0 Å². The van der Waals surface area contributed by atoms with Crippen molar-refractivity contribution in [2.75, 3.05) is 5.32 Å². The van der Waals surface area contributed by atoms with Crippen LogP contribution in [-0.2, 0) is 0 Å². The minimum atomic E-state index is -1.09. The average Bonchev–Trinajstić information content (AvgIpc) is 2.41. The van der Waals surface area contributed by atoms with Gasteiger partial charge >= 0.3 is 5.97 Å². The Morgan fingerprint density at radius 3 is 2.60 bits per heavy atom. The fourth-order valence-corrected chi connectivity index (χ4v) is 1.92. The number of pyridine rings is 1. The summed E-state index contributed by atoms with van der Waals surface area (Å²) in [5, 5.41) is 12.1. The second kappa shape index (κ2) is 5.88. The van der Waals surface area contributed by atoms with Gasteiger partial charge < -0.3 is 10.4 Å². The summed E-state index contributed by atoms with van der Waals surface area (Å²) in [5.74, 6) is -1.01. The molecule has 1 aromatic carbocycles. The minimum Gasteiger partial charge on any atom is -0.478 e. The first-order chi connectivity index (χ1) is 9.47. The number of nitrogens with zero attached hydrogens (tertiary/aromatic N) is 1. The minimum absolute atomic E-state index is 0.0231. The molecule has 0 saturated heterocycles. The van der Waals surface area contributed by atoms with Gasteiger partial charge in [-0.15, -0.1) is 0 Å². The summed E-state index contributed by atoms with van der Waals surface area (Å²) in [6.07, 6.45) is 1.23. The molecule has 0 fully saturated rings. The summed E-state index contributed by atoms with van der Waals surface area (Å²) in [5.41, 5.74) is 0.890. The van der Waals surface area contributed by atoms with Crippen LogP contribution in [-0.4, -0.2) is 16.1 Å². The lowest BCUT2D eigenvalue weighted by Gasteiger charge is -2.16. The lowest BCUT2D eigenvalue weighted by atomic mass is 10.1. The van der Waals surface area contributed by atoms with Gasteiger partial charge in [0.1, 0.15) is 11.6 Å². The molecule has 0 aliphatic carbocycles. The van der Waals surface area contributed by atoms with Crippen LogP contribution in [0.2, 0.25) is 5.02 Å². The van der Waals surface area contributed by atoms with Gasteiger partial charge in [-0.25, -0.2) is 14.2 Å². The van der Waals surface area contributed by atoms with Crippen LogP contribution in [0.5, 0.6) is 0 Å². The van der Waals surface area contributed by atoms with E-state index >= 15 is 0 Å². The van der Waals surface area contributed by atoms with E-state index < -0.39 is 5.97 Å². The average molecular weight is 295 g/mol. The van der Waals surface area contributed by atoms with Crippen molar-refractivity contribution in [1.82, 2.24) is 4.98 Å². The summed E-state index contributed by atoms with van der Waals surface area (Å²) in [6.45, 7) is 1.87. The van der Waals surface area contributed by atoms with Crippen molar-refractivity contribution in [3.63, 3.8) is 0 Å². The maximum atomic E-state index is 12.9. The highest BCUT2D eigenvalue weighted by molar-refractivity contribution is 6.33. The Morgan fingerprint density at radius 2 is 2.05 bits per heavy atom. The number of carboxylic acid groups (broad SMARTS) is 1. The van der Waals surface area contributed by atoms with Crippen molar-refractivity contribution in [3.05, 3.63) is 58.5 Å². The van der Waals surface area contributed by atoms with E-state index in [2.05, 4.69) is 10.3 Å². The van der Waals surface area contributed by atoms with E-state index in [0.717, 1.165) is 5.56 Å². The predicted molar refractivity (Wildman–Crippen MR) is 74.6 cm³/mol. The highest BCUT2D eigenvalue weighted by Crippen LogP contribution is 2.25. The monoisotopic (exact) mass is 294 g/mol. The Hall–Kier alpha value is -2.14. The number of benzene rings is 1. The quantitative estimate of drug-likeness (QED) is 0.901. The number of carboxylic acids is 1.